The van der Waals surface area contributed by atoms with E-state index in [1.54, 1.807) is 21.9 Å². The Morgan fingerprint density at radius 2 is 0.962 bits per heavy atom. The third kappa shape index (κ3) is 4.03. The van der Waals surface area contributed by atoms with Crippen molar-refractivity contribution in [3.05, 3.63) is 131 Å². The van der Waals surface area contributed by atoms with Crippen LogP contribution in [0, 0.1) is 11.6 Å². The highest BCUT2D eigenvalue weighted by Crippen LogP contribution is 2.69. The van der Waals surface area contributed by atoms with Crippen LogP contribution in [0.4, 0.5) is 20.2 Å². The smallest absolute Gasteiger partial charge is 0.247 e. The van der Waals surface area contributed by atoms with E-state index in [2.05, 4.69) is 21.3 Å². The van der Waals surface area contributed by atoms with E-state index in [0.29, 0.717) is 22.5 Å². The first-order chi connectivity index (χ1) is 25.2. The van der Waals surface area contributed by atoms with Crippen molar-refractivity contribution in [3.8, 4) is 0 Å². The molecular formula is C40H34F2N6O4. The molecule has 10 rings (SSSR count). The second kappa shape index (κ2) is 10.9. The van der Waals surface area contributed by atoms with Gasteiger partial charge in [-0.25, -0.2) is 8.78 Å². The molecule has 4 amide bonds. The van der Waals surface area contributed by atoms with E-state index in [1.807, 2.05) is 60.7 Å². The zero-order chi connectivity index (χ0) is 35.5. The van der Waals surface area contributed by atoms with Gasteiger partial charge in [0.15, 0.2) is 0 Å². The largest absolute Gasteiger partial charge is 0.364 e. The van der Waals surface area contributed by atoms with Crippen LogP contribution in [0.1, 0.15) is 35.1 Å². The van der Waals surface area contributed by atoms with Crippen LogP contribution in [0.2, 0.25) is 0 Å². The SMILES string of the molecule is O=C1NC(Cc2ccccc2)C(=O)N2C1CC1(C34CC5C(=O)NC(Cc6ccccc6)C(=O)N5C3Nc3cc(F)ccc34)c3ccc(F)cc3NC21. The second-order valence-corrected chi connectivity index (χ2v) is 14.8. The minimum absolute atomic E-state index is 0.123. The number of halogens is 2. The van der Waals surface area contributed by atoms with Gasteiger partial charge in [0.2, 0.25) is 23.6 Å². The lowest BCUT2D eigenvalue weighted by Gasteiger charge is -2.48. The van der Waals surface area contributed by atoms with Crippen molar-refractivity contribution >= 4 is 35.0 Å². The van der Waals surface area contributed by atoms with Gasteiger partial charge in [-0.1, -0.05) is 72.8 Å². The number of piperazine rings is 2. The fraction of sp³-hybridized carbons (Fsp3) is 0.300. The molecule has 52 heavy (non-hydrogen) atoms. The van der Waals surface area contributed by atoms with Crippen LogP contribution in [0.3, 0.4) is 0 Å². The number of benzene rings is 4. The lowest BCUT2D eigenvalue weighted by atomic mass is 9.54. The summed E-state index contributed by atoms with van der Waals surface area (Å²) in [6.45, 7) is 0. The standard InChI is InChI=1S/C40H34F2N6O4/c41-23-11-13-25-27(17-23)45-37-39(25,19-31-33(49)43-29(35(51)47(31)37)15-21-7-3-1-4-8-21)40-20-32-34(50)44-30(16-22-9-5-2-6-10-22)36(52)48(32)38(40)46-28-18-24(42)12-14-26(28)40/h1-14,17-18,29-32,37-38,45-46H,15-16,19-20H2,(H,43,49)(H,44,50). The molecule has 6 heterocycles. The first-order valence-electron chi connectivity index (χ1n) is 17.7. The van der Waals surface area contributed by atoms with E-state index in [1.165, 1.54) is 24.3 Å². The van der Waals surface area contributed by atoms with Gasteiger partial charge in [0.1, 0.15) is 48.1 Å². The monoisotopic (exact) mass is 700 g/mol. The van der Waals surface area contributed by atoms with Crippen LogP contribution < -0.4 is 21.3 Å². The summed E-state index contributed by atoms with van der Waals surface area (Å²) in [5.74, 6) is -2.16. The minimum Gasteiger partial charge on any atom is -0.364 e. The molecule has 0 aliphatic carbocycles. The molecule has 8 atom stereocenters. The fourth-order valence-corrected chi connectivity index (χ4v) is 10.4. The van der Waals surface area contributed by atoms with E-state index < -0.39 is 59.0 Å². The molecule has 0 saturated carbocycles. The fourth-order valence-electron chi connectivity index (χ4n) is 10.4. The highest BCUT2D eigenvalue weighted by atomic mass is 19.1. The lowest BCUT2D eigenvalue weighted by Crippen LogP contribution is -2.67. The Bertz CT molecular complexity index is 2050. The number of nitrogens with one attached hydrogen (secondary N) is 4. The van der Waals surface area contributed by atoms with Crippen LogP contribution in [0.5, 0.6) is 0 Å². The number of anilines is 2. The minimum atomic E-state index is -1.16. The van der Waals surface area contributed by atoms with Crippen LogP contribution in [-0.2, 0) is 42.8 Å². The van der Waals surface area contributed by atoms with E-state index in [0.717, 1.165) is 11.1 Å². The molecule has 12 heteroatoms. The van der Waals surface area contributed by atoms with Crippen LogP contribution >= 0.6 is 0 Å². The second-order valence-electron chi connectivity index (χ2n) is 14.8. The lowest BCUT2D eigenvalue weighted by molar-refractivity contribution is -0.149. The molecule has 10 nitrogen and oxygen atoms in total. The first kappa shape index (κ1) is 31.0. The van der Waals surface area contributed by atoms with Crippen molar-refractivity contribution in [1.82, 2.24) is 20.4 Å². The maximum absolute atomic E-state index is 15.0. The normalized spacial score (nSPS) is 32.1. The number of fused-ring (bicyclic) bond motifs is 11. The maximum Gasteiger partial charge on any atom is 0.247 e. The quantitative estimate of drug-likeness (QED) is 0.254. The zero-order valence-electron chi connectivity index (χ0n) is 27.8. The van der Waals surface area contributed by atoms with E-state index in [9.17, 15) is 28.0 Å². The predicted octanol–water partition coefficient (Wildman–Crippen LogP) is 3.33. The Morgan fingerprint density at radius 1 is 0.558 bits per heavy atom. The van der Waals surface area contributed by atoms with Crippen molar-refractivity contribution in [2.24, 2.45) is 0 Å². The molecule has 6 aliphatic heterocycles. The number of carbonyl (C=O) groups is 4. The number of carbonyl (C=O) groups excluding carboxylic acids is 4. The Balaban J connectivity index is 1.14. The maximum atomic E-state index is 15.0. The summed E-state index contributed by atoms with van der Waals surface area (Å²) in [6, 6.07) is 24.2. The van der Waals surface area contributed by atoms with Gasteiger partial charge in [0.05, 0.1) is 10.8 Å². The van der Waals surface area contributed by atoms with E-state index in [4.69, 9.17) is 0 Å². The van der Waals surface area contributed by atoms with Gasteiger partial charge in [-0.15, -0.1) is 0 Å². The van der Waals surface area contributed by atoms with Crippen molar-refractivity contribution in [2.45, 2.75) is 73.0 Å². The Hall–Kier alpha value is -5.78. The number of nitrogens with zero attached hydrogens (tertiary/aromatic N) is 2. The van der Waals surface area contributed by atoms with E-state index in [-0.39, 0.29) is 49.3 Å². The molecule has 262 valence electrons. The Morgan fingerprint density at radius 3 is 1.37 bits per heavy atom. The Kier molecular flexibility index (Phi) is 6.48. The summed E-state index contributed by atoms with van der Waals surface area (Å²) in [6.07, 6.45) is -0.909. The van der Waals surface area contributed by atoms with Gasteiger partial charge < -0.3 is 31.1 Å². The first-order valence-corrected chi connectivity index (χ1v) is 17.7. The average Bonchev–Trinajstić information content (AvgIpc) is 3.84. The van der Waals surface area contributed by atoms with Gasteiger partial charge in [0, 0.05) is 24.2 Å². The number of amides is 4. The van der Waals surface area contributed by atoms with Crippen LogP contribution in [-0.4, -0.2) is 69.9 Å². The summed E-state index contributed by atoms with van der Waals surface area (Å²) in [7, 11) is 0. The summed E-state index contributed by atoms with van der Waals surface area (Å²) in [5, 5.41) is 12.9. The zero-order valence-corrected chi connectivity index (χ0v) is 27.8. The molecule has 4 aromatic rings. The molecule has 4 fully saturated rings. The molecule has 4 saturated heterocycles. The van der Waals surface area contributed by atoms with Crippen LogP contribution in [0.25, 0.3) is 0 Å². The number of rotatable bonds is 5. The average molecular weight is 701 g/mol. The summed E-state index contributed by atoms with van der Waals surface area (Å²) in [5.41, 5.74) is 1.71. The molecule has 0 aromatic heterocycles. The van der Waals surface area contributed by atoms with Crippen molar-refractivity contribution in [2.75, 3.05) is 10.6 Å². The van der Waals surface area contributed by atoms with Gasteiger partial charge in [-0.2, -0.15) is 0 Å². The van der Waals surface area contributed by atoms with Gasteiger partial charge in [-0.3, -0.25) is 19.2 Å². The molecule has 4 aromatic carbocycles. The molecule has 8 unspecified atom stereocenters. The number of hydrogen-bond acceptors (Lipinski definition) is 6. The molecule has 0 radical (unpaired) electrons. The molecular weight excluding hydrogens is 666 g/mol. The molecule has 0 spiro atoms. The van der Waals surface area contributed by atoms with Crippen molar-refractivity contribution < 1.29 is 28.0 Å². The van der Waals surface area contributed by atoms with Gasteiger partial charge in [0.25, 0.3) is 0 Å². The molecule has 0 bridgehead atoms. The molecule has 6 aliphatic rings. The molecule has 4 N–H and O–H groups in total. The van der Waals surface area contributed by atoms with Gasteiger partial charge >= 0.3 is 0 Å². The number of hydrogen-bond donors (Lipinski definition) is 4. The highest BCUT2D eigenvalue weighted by molar-refractivity contribution is 6.01. The summed E-state index contributed by atoms with van der Waals surface area (Å²) >= 11 is 0. The topological polar surface area (TPSA) is 123 Å². The predicted molar refractivity (Wildman–Crippen MR) is 186 cm³/mol. The van der Waals surface area contributed by atoms with Crippen molar-refractivity contribution in [1.29, 1.82) is 0 Å². The third-order valence-electron chi connectivity index (χ3n) is 12.4. The van der Waals surface area contributed by atoms with Gasteiger partial charge in [-0.05, 0) is 59.4 Å². The summed E-state index contributed by atoms with van der Waals surface area (Å²) < 4.78 is 30.0. The van der Waals surface area contributed by atoms with Crippen LogP contribution in [0.15, 0.2) is 97.1 Å². The van der Waals surface area contributed by atoms with Crippen molar-refractivity contribution in [3.63, 3.8) is 0 Å². The van der Waals surface area contributed by atoms with E-state index >= 15 is 0 Å². The highest BCUT2D eigenvalue weighted by Gasteiger charge is 2.78. The third-order valence-corrected chi connectivity index (χ3v) is 12.4. The summed E-state index contributed by atoms with van der Waals surface area (Å²) in [4.78, 5) is 60.8. The Labute approximate surface area is 297 Å².